The first-order valence-corrected chi connectivity index (χ1v) is 1.36. The molecular weight excluding hydrogens is 179 g/mol. The summed E-state index contributed by atoms with van der Waals surface area (Å²) in [6.07, 6.45) is 0. The summed E-state index contributed by atoms with van der Waals surface area (Å²) in [5.74, 6) is 0. The zero-order valence-electron chi connectivity index (χ0n) is 1.36. The van der Waals surface area contributed by atoms with Crippen LogP contribution < -0.4 is 0 Å². The van der Waals surface area contributed by atoms with Crippen LogP contribution in [0, 0.1) is 0 Å². The fourth-order valence-corrected chi connectivity index (χ4v) is 0. The molecule has 0 aliphatic rings. The fourth-order valence-electron chi connectivity index (χ4n) is 0. The first-order chi connectivity index (χ1) is 1.41. The van der Waals surface area contributed by atoms with Crippen molar-refractivity contribution in [3.63, 3.8) is 0 Å². The van der Waals surface area contributed by atoms with Crippen LogP contribution in [0.15, 0.2) is 0 Å². The van der Waals surface area contributed by atoms with Crippen LogP contribution in [0.5, 0.6) is 0 Å². The molecule has 0 aromatic rings. The van der Waals surface area contributed by atoms with Crippen LogP contribution in [-0.4, -0.2) is 170 Å². The second kappa shape index (κ2) is 22.5. The molecule has 0 rings (SSSR count). The average Bonchev–Trinajstić information content (AvgIpc) is 0.918. The predicted octanol–water partition coefficient (Wildman–Crippen LogP) is -2.02. The van der Waals surface area contributed by atoms with Crippen LogP contribution in [0.1, 0.15) is 0 Å². The van der Waals surface area contributed by atoms with Gasteiger partial charge in [-0.15, -0.1) is 0 Å². The Hall–Kier alpha value is 5.17. The van der Waals surface area contributed by atoms with Crippen LogP contribution in [0.3, 0.4) is 0 Å². The van der Waals surface area contributed by atoms with Gasteiger partial charge in [0.1, 0.15) is 0 Å². The van der Waals surface area contributed by atoms with Crippen LogP contribution >= 0.6 is 0 Å². The van der Waals surface area contributed by atoms with Gasteiger partial charge in [-0.05, 0) is 0 Å². The summed E-state index contributed by atoms with van der Waals surface area (Å²) in [4.78, 5) is 0. The van der Waals surface area contributed by atoms with Crippen molar-refractivity contribution in [1.29, 1.82) is 0 Å². The second-order valence-corrected chi connectivity index (χ2v) is 0.267. The molecule has 0 heterocycles. The molecule has 0 spiro atoms. The van der Waals surface area contributed by atoms with E-state index in [1.165, 1.54) is 0 Å². The molecule has 0 fully saturated rings. The molecule has 0 radical (unpaired) electrons. The zero-order valence-corrected chi connectivity index (χ0v) is 2.52. The van der Waals surface area contributed by atoms with Crippen molar-refractivity contribution in [3.05, 3.63) is 0 Å². The Morgan fingerprint density at radius 3 is 1.17 bits per heavy atom. The van der Waals surface area contributed by atoms with E-state index in [0.29, 0.717) is 0 Å². The summed E-state index contributed by atoms with van der Waals surface area (Å²) < 4.78 is 18.2. The first-order valence-electron chi connectivity index (χ1n) is 0.454. The maximum absolute atomic E-state index is 9.82. The van der Waals surface area contributed by atoms with E-state index in [0.717, 1.165) is 0 Å². The van der Waals surface area contributed by atoms with Crippen LogP contribution in [0.2, 0.25) is 0 Å². The Morgan fingerprint density at radius 1 is 1.17 bits per heavy atom. The molecule has 0 saturated heterocycles. The van der Waals surface area contributed by atoms with Crippen LogP contribution in [0.4, 0.5) is 3.52 Å². The van der Waals surface area contributed by atoms with Gasteiger partial charge in [0.05, 0.1) is 0 Å². The molecule has 6 heteroatoms. The van der Waals surface area contributed by atoms with Gasteiger partial charge in [-0.3, -0.25) is 0 Å². The Kier molecular flexibility index (Phi) is 84.1. The van der Waals surface area contributed by atoms with Crippen molar-refractivity contribution in [2.45, 2.75) is 0 Å². The van der Waals surface area contributed by atoms with E-state index in [9.17, 15) is 3.52 Å². The molecule has 0 bridgehead atoms. The van der Waals surface area contributed by atoms with Crippen LogP contribution in [0.25, 0.3) is 0 Å². The van der Waals surface area contributed by atoms with E-state index in [2.05, 4.69) is 0 Å². The standard InChI is InChI=1S/Al.FH.3K.O.3H/h;1H;;;;;;;/q+1;;;;;;;;/p-1. The molecular formula is H3AlFK3O. The number of hydrogen-bond donors (Lipinski definition) is 0. The van der Waals surface area contributed by atoms with Gasteiger partial charge < -0.3 is 0 Å². The van der Waals surface area contributed by atoms with Gasteiger partial charge in [-0.1, -0.05) is 0 Å². The quantitative estimate of drug-likeness (QED) is 0.395. The number of rotatable bonds is 0. The van der Waals surface area contributed by atoms with Gasteiger partial charge in [0.25, 0.3) is 0 Å². The van der Waals surface area contributed by atoms with Crippen molar-refractivity contribution in [2.24, 2.45) is 0 Å². The molecule has 22 valence electrons. The third-order valence-electron chi connectivity index (χ3n) is 0. The van der Waals surface area contributed by atoms with E-state index in [1.807, 2.05) is 0 Å². The Morgan fingerprint density at radius 2 is 1.17 bits per heavy atom. The van der Waals surface area contributed by atoms with Gasteiger partial charge >= 0.3 is 177 Å². The average molecular weight is 182 g/mol. The van der Waals surface area contributed by atoms with Crippen molar-refractivity contribution in [1.82, 2.24) is 0 Å². The zero-order chi connectivity index (χ0) is 2.71. The summed E-state index contributed by atoms with van der Waals surface area (Å²) >= 11 is -2.00. The minimum atomic E-state index is -2.00. The van der Waals surface area contributed by atoms with Crippen molar-refractivity contribution in [3.8, 4) is 0 Å². The van der Waals surface area contributed by atoms with Crippen molar-refractivity contribution in [2.75, 3.05) is 0 Å². The molecule has 0 aliphatic carbocycles. The summed E-state index contributed by atoms with van der Waals surface area (Å²) in [6, 6.07) is 0. The third-order valence-corrected chi connectivity index (χ3v) is 0. The van der Waals surface area contributed by atoms with Gasteiger partial charge in [0.15, 0.2) is 0 Å². The summed E-state index contributed by atoms with van der Waals surface area (Å²) in [5, 5.41) is 0. The molecule has 0 unspecified atom stereocenters. The minimum absolute atomic E-state index is 0. The molecule has 0 amide bonds. The molecule has 0 aromatic heterocycles. The van der Waals surface area contributed by atoms with Crippen molar-refractivity contribution >= 4 is 170 Å². The SMILES string of the molecule is [KH].[KH].[KH].[O]=[Al][F]. The first kappa shape index (κ1) is 22.5. The molecule has 0 N–H and O–H groups in total. The van der Waals surface area contributed by atoms with E-state index in [-0.39, 0.29) is 154 Å². The van der Waals surface area contributed by atoms with Gasteiger partial charge in [0.2, 0.25) is 0 Å². The monoisotopic (exact) mass is 182 g/mol. The maximum atomic E-state index is 9.82. The second-order valence-electron chi connectivity index (χ2n) is 0.0891. The molecule has 0 atom stereocenters. The summed E-state index contributed by atoms with van der Waals surface area (Å²) in [6.45, 7) is 0. The summed E-state index contributed by atoms with van der Waals surface area (Å²) in [7, 11) is 0. The molecule has 0 saturated carbocycles. The van der Waals surface area contributed by atoms with E-state index in [4.69, 9.17) is 3.80 Å². The Bertz CT molecular complexity index is 18.3. The molecule has 0 aromatic carbocycles. The number of halogens is 1. The van der Waals surface area contributed by atoms with E-state index < -0.39 is 15.6 Å². The topological polar surface area (TPSA) is 17.1 Å². The Balaban J connectivity index is -0.00000000667. The fraction of sp³-hybridized carbons (Fsp3) is 0. The Labute approximate surface area is 171 Å². The summed E-state index contributed by atoms with van der Waals surface area (Å²) in [5.41, 5.74) is 0. The number of hydrogen-bond acceptors (Lipinski definition) is 1. The molecule has 6 heavy (non-hydrogen) atoms. The normalized spacial score (nSPS) is 1.50. The van der Waals surface area contributed by atoms with Crippen LogP contribution in [-0.2, 0) is 3.80 Å². The van der Waals surface area contributed by atoms with E-state index in [1.54, 1.807) is 0 Å². The van der Waals surface area contributed by atoms with Gasteiger partial charge in [-0.2, -0.15) is 0 Å². The molecule has 0 aliphatic heterocycles. The molecule has 1 nitrogen and oxygen atoms in total. The van der Waals surface area contributed by atoms with Gasteiger partial charge in [0, 0.05) is 0 Å². The third kappa shape index (κ3) is 22.9. The van der Waals surface area contributed by atoms with E-state index >= 15 is 0 Å². The van der Waals surface area contributed by atoms with Crippen molar-refractivity contribution < 1.29 is 7.33 Å². The predicted molar refractivity (Wildman–Crippen MR) is 29.0 cm³/mol. The van der Waals surface area contributed by atoms with Gasteiger partial charge in [-0.25, -0.2) is 0 Å².